The first-order chi connectivity index (χ1) is 9.06. The van der Waals surface area contributed by atoms with E-state index in [1.807, 2.05) is 0 Å². The minimum absolute atomic E-state index is 0.308. The molecule has 2 unspecified atom stereocenters. The smallest absolute Gasteiger partial charge is 0.319 e. The molecule has 1 aromatic rings. The van der Waals surface area contributed by atoms with Gasteiger partial charge in [0.15, 0.2) is 0 Å². The van der Waals surface area contributed by atoms with Crippen LogP contribution in [0.3, 0.4) is 0 Å². The summed E-state index contributed by atoms with van der Waals surface area (Å²) in [4.78, 5) is 26.7. The summed E-state index contributed by atoms with van der Waals surface area (Å²) in [6.45, 7) is 0. The zero-order chi connectivity index (χ0) is 13.8. The molecule has 2 atom stereocenters. The molecule has 0 spiro atoms. The maximum atomic E-state index is 11.8. The zero-order valence-electron chi connectivity index (χ0n) is 10.1. The second kappa shape index (κ2) is 6.01. The topological polar surface area (TPSA) is 91.3 Å². The number of aromatic nitrogens is 1. The average molecular weight is 328 g/mol. The number of anilines is 1. The Morgan fingerprint density at radius 3 is 2.84 bits per heavy atom. The van der Waals surface area contributed by atoms with Gasteiger partial charge >= 0.3 is 12.0 Å². The Kier molecular flexibility index (Phi) is 4.36. The lowest BCUT2D eigenvalue weighted by molar-refractivity contribution is -0.142. The number of carbonyl (C=O) groups excluding carboxylic acids is 1. The molecular formula is C12H14BrN3O3. The van der Waals surface area contributed by atoms with Crippen LogP contribution in [0.15, 0.2) is 22.9 Å². The molecule has 1 aliphatic carbocycles. The fraction of sp³-hybridized carbons (Fsp3) is 0.417. The van der Waals surface area contributed by atoms with Crippen molar-refractivity contribution in [3.05, 3.63) is 22.9 Å². The van der Waals surface area contributed by atoms with Crippen LogP contribution in [-0.2, 0) is 4.79 Å². The van der Waals surface area contributed by atoms with Gasteiger partial charge in [-0.25, -0.2) is 4.79 Å². The third kappa shape index (κ3) is 3.66. The summed E-state index contributed by atoms with van der Waals surface area (Å²) >= 11 is 3.26. The summed E-state index contributed by atoms with van der Waals surface area (Å²) in [7, 11) is 0. The molecule has 0 bridgehead atoms. The summed E-state index contributed by atoms with van der Waals surface area (Å²) in [6, 6.07) is 1.01. The Morgan fingerprint density at radius 1 is 1.37 bits per heavy atom. The van der Waals surface area contributed by atoms with Crippen LogP contribution in [0.4, 0.5) is 10.5 Å². The molecule has 3 N–H and O–H groups in total. The van der Waals surface area contributed by atoms with Crippen LogP contribution < -0.4 is 10.6 Å². The first-order valence-corrected chi connectivity index (χ1v) is 6.76. The fourth-order valence-electron chi connectivity index (χ4n) is 2.24. The van der Waals surface area contributed by atoms with E-state index in [9.17, 15) is 9.59 Å². The van der Waals surface area contributed by atoms with Gasteiger partial charge in [-0.1, -0.05) is 6.42 Å². The molecule has 1 aromatic heterocycles. The van der Waals surface area contributed by atoms with Crippen LogP contribution in [0.1, 0.15) is 19.3 Å². The molecule has 2 rings (SSSR count). The van der Waals surface area contributed by atoms with Crippen molar-refractivity contribution in [1.29, 1.82) is 0 Å². The number of halogens is 1. The second-order valence-electron chi connectivity index (χ2n) is 4.47. The molecule has 0 radical (unpaired) electrons. The molecule has 0 saturated heterocycles. The molecule has 0 aromatic carbocycles. The van der Waals surface area contributed by atoms with Gasteiger partial charge in [0.1, 0.15) is 0 Å². The van der Waals surface area contributed by atoms with Crippen molar-refractivity contribution in [1.82, 2.24) is 10.3 Å². The van der Waals surface area contributed by atoms with Crippen LogP contribution >= 0.6 is 15.9 Å². The number of pyridine rings is 1. The SMILES string of the molecule is O=C(Nc1cncc(Br)c1)NC1CCCC1C(=O)O. The van der Waals surface area contributed by atoms with Gasteiger partial charge in [0.05, 0.1) is 17.8 Å². The van der Waals surface area contributed by atoms with Crippen molar-refractivity contribution in [3.63, 3.8) is 0 Å². The molecule has 19 heavy (non-hydrogen) atoms. The Bertz CT molecular complexity index is 495. The quantitative estimate of drug-likeness (QED) is 0.793. The first kappa shape index (κ1) is 13.8. The Morgan fingerprint density at radius 2 is 2.16 bits per heavy atom. The van der Waals surface area contributed by atoms with Crippen molar-refractivity contribution in [2.24, 2.45) is 5.92 Å². The van der Waals surface area contributed by atoms with E-state index in [0.29, 0.717) is 18.5 Å². The van der Waals surface area contributed by atoms with Gasteiger partial charge in [-0.3, -0.25) is 9.78 Å². The zero-order valence-corrected chi connectivity index (χ0v) is 11.7. The maximum absolute atomic E-state index is 11.8. The van der Waals surface area contributed by atoms with Gasteiger partial charge in [-0.2, -0.15) is 0 Å². The largest absolute Gasteiger partial charge is 0.481 e. The molecule has 0 aliphatic heterocycles. The van der Waals surface area contributed by atoms with Crippen molar-refractivity contribution < 1.29 is 14.7 Å². The fourth-order valence-corrected chi connectivity index (χ4v) is 2.61. The molecule has 1 heterocycles. The number of amides is 2. The van der Waals surface area contributed by atoms with E-state index in [1.54, 1.807) is 12.3 Å². The molecule has 1 aliphatic rings. The maximum Gasteiger partial charge on any atom is 0.319 e. The minimum Gasteiger partial charge on any atom is -0.481 e. The summed E-state index contributed by atoms with van der Waals surface area (Å²) < 4.78 is 0.759. The van der Waals surface area contributed by atoms with E-state index >= 15 is 0 Å². The molecule has 7 heteroatoms. The van der Waals surface area contributed by atoms with Gasteiger partial charge in [0, 0.05) is 16.7 Å². The van der Waals surface area contributed by atoms with Crippen LogP contribution in [0.5, 0.6) is 0 Å². The number of aliphatic carboxylic acids is 1. The highest BCUT2D eigenvalue weighted by molar-refractivity contribution is 9.10. The van der Waals surface area contributed by atoms with Crippen LogP contribution in [-0.4, -0.2) is 28.1 Å². The van der Waals surface area contributed by atoms with E-state index in [1.165, 1.54) is 6.20 Å². The Labute approximate surface area is 118 Å². The van der Waals surface area contributed by atoms with Crippen molar-refractivity contribution >= 4 is 33.6 Å². The van der Waals surface area contributed by atoms with E-state index < -0.39 is 17.9 Å². The first-order valence-electron chi connectivity index (χ1n) is 5.97. The van der Waals surface area contributed by atoms with Gasteiger partial charge in [0.2, 0.25) is 0 Å². The van der Waals surface area contributed by atoms with E-state index in [0.717, 1.165) is 10.9 Å². The number of hydrogen-bond donors (Lipinski definition) is 3. The highest BCUT2D eigenvalue weighted by Crippen LogP contribution is 2.25. The monoisotopic (exact) mass is 327 g/mol. The number of hydrogen-bond acceptors (Lipinski definition) is 3. The second-order valence-corrected chi connectivity index (χ2v) is 5.39. The lowest BCUT2D eigenvalue weighted by atomic mass is 10.0. The number of nitrogens with zero attached hydrogens (tertiary/aromatic N) is 1. The highest BCUT2D eigenvalue weighted by Gasteiger charge is 2.33. The molecule has 1 fully saturated rings. The standard InChI is InChI=1S/C12H14BrN3O3/c13-7-4-8(6-14-5-7)15-12(19)16-10-3-1-2-9(10)11(17)18/h4-6,9-10H,1-3H2,(H,17,18)(H2,15,16,19). The number of urea groups is 1. The van der Waals surface area contributed by atoms with E-state index in [4.69, 9.17) is 5.11 Å². The summed E-state index contributed by atoms with van der Waals surface area (Å²) in [5.74, 6) is -1.35. The highest BCUT2D eigenvalue weighted by atomic mass is 79.9. The van der Waals surface area contributed by atoms with Crippen molar-refractivity contribution in [2.45, 2.75) is 25.3 Å². The van der Waals surface area contributed by atoms with Gasteiger partial charge in [0.25, 0.3) is 0 Å². The molecule has 2 amide bonds. The third-order valence-electron chi connectivity index (χ3n) is 3.11. The van der Waals surface area contributed by atoms with Crippen LogP contribution in [0.25, 0.3) is 0 Å². The Hall–Kier alpha value is -1.63. The number of carboxylic acids is 1. The molecule has 102 valence electrons. The summed E-state index contributed by atoms with van der Waals surface area (Å²) in [5, 5.41) is 14.4. The number of carbonyl (C=O) groups is 2. The minimum atomic E-state index is -0.855. The van der Waals surface area contributed by atoms with Gasteiger partial charge < -0.3 is 15.7 Å². The third-order valence-corrected chi connectivity index (χ3v) is 3.55. The molecular weight excluding hydrogens is 314 g/mol. The van der Waals surface area contributed by atoms with Crippen molar-refractivity contribution in [3.8, 4) is 0 Å². The predicted octanol–water partition coefficient (Wildman–Crippen LogP) is 2.22. The van der Waals surface area contributed by atoms with Crippen LogP contribution in [0.2, 0.25) is 0 Å². The number of rotatable bonds is 3. The van der Waals surface area contributed by atoms with Crippen molar-refractivity contribution in [2.75, 3.05) is 5.32 Å². The number of carboxylic acid groups (broad SMARTS) is 1. The Balaban J connectivity index is 1.92. The normalized spacial score (nSPS) is 21.9. The summed E-state index contributed by atoms with van der Waals surface area (Å²) in [5.41, 5.74) is 0.553. The predicted molar refractivity (Wildman–Crippen MR) is 72.9 cm³/mol. The lowest BCUT2D eigenvalue weighted by Gasteiger charge is -2.17. The molecule has 6 nitrogen and oxygen atoms in total. The van der Waals surface area contributed by atoms with Crippen LogP contribution in [0, 0.1) is 5.92 Å². The molecule has 1 saturated carbocycles. The van der Waals surface area contributed by atoms with Gasteiger partial charge in [-0.15, -0.1) is 0 Å². The van der Waals surface area contributed by atoms with E-state index in [2.05, 4.69) is 31.5 Å². The average Bonchev–Trinajstić information content (AvgIpc) is 2.76. The van der Waals surface area contributed by atoms with Gasteiger partial charge in [-0.05, 0) is 34.8 Å². The van der Waals surface area contributed by atoms with E-state index in [-0.39, 0.29) is 6.04 Å². The summed E-state index contributed by atoms with van der Waals surface area (Å²) in [6.07, 6.45) is 5.26. The lowest BCUT2D eigenvalue weighted by Crippen LogP contribution is -2.42. The number of nitrogens with one attached hydrogen (secondary N) is 2.